The van der Waals surface area contributed by atoms with Crippen molar-refractivity contribution in [2.45, 2.75) is 18.7 Å². The molecule has 0 aliphatic rings. The molecule has 110 valence electrons. The van der Waals surface area contributed by atoms with E-state index < -0.39 is 0 Å². The number of hydrogen-bond donors (Lipinski definition) is 1. The molecule has 2 aromatic carbocycles. The first-order chi connectivity index (χ1) is 10.0. The van der Waals surface area contributed by atoms with Gasteiger partial charge < -0.3 is 10.1 Å². The summed E-state index contributed by atoms with van der Waals surface area (Å²) in [6.07, 6.45) is 1.99. The summed E-state index contributed by atoms with van der Waals surface area (Å²) in [7, 11) is 1.58. The van der Waals surface area contributed by atoms with Gasteiger partial charge in [-0.25, -0.2) is 0 Å². The van der Waals surface area contributed by atoms with E-state index in [-0.39, 0.29) is 5.91 Å². The number of amides is 1. The molecule has 2 rings (SSSR count). The Morgan fingerprint density at radius 2 is 1.86 bits per heavy atom. The minimum absolute atomic E-state index is 0.164. The Balaban J connectivity index is 2.25. The summed E-state index contributed by atoms with van der Waals surface area (Å²) in [6, 6.07) is 11.5. The second-order valence-electron chi connectivity index (χ2n) is 4.82. The fourth-order valence-corrected chi connectivity index (χ4v) is 2.43. The van der Waals surface area contributed by atoms with Gasteiger partial charge in [-0.3, -0.25) is 4.79 Å². The molecule has 1 amide bonds. The fourth-order valence-electron chi connectivity index (χ4n) is 2.00. The molecule has 0 aliphatic heterocycles. The molecule has 0 unspecified atom stereocenters. The summed E-state index contributed by atoms with van der Waals surface area (Å²) in [4.78, 5) is 13.5. The second-order valence-corrected chi connectivity index (χ2v) is 5.70. The minimum atomic E-state index is -0.164. The van der Waals surface area contributed by atoms with Crippen LogP contribution in [0.1, 0.15) is 21.5 Å². The summed E-state index contributed by atoms with van der Waals surface area (Å²) in [5, 5.41) is 2.91. The number of carbonyl (C=O) groups excluding carboxylic acids is 1. The van der Waals surface area contributed by atoms with Crippen LogP contribution in [0, 0.1) is 13.8 Å². The molecule has 0 saturated carbocycles. The maximum atomic E-state index is 12.4. The molecule has 0 aromatic heterocycles. The van der Waals surface area contributed by atoms with Crippen LogP contribution in [-0.2, 0) is 0 Å². The lowest BCUT2D eigenvalue weighted by Gasteiger charge is -2.11. The van der Waals surface area contributed by atoms with Gasteiger partial charge in [0, 0.05) is 10.6 Å². The third-order valence-electron chi connectivity index (χ3n) is 3.42. The molecule has 0 bridgehead atoms. The number of benzene rings is 2. The highest BCUT2D eigenvalue weighted by Gasteiger charge is 2.13. The van der Waals surface area contributed by atoms with Crippen LogP contribution in [0.25, 0.3) is 0 Å². The molecule has 0 aliphatic carbocycles. The van der Waals surface area contributed by atoms with E-state index in [0.717, 1.165) is 16.1 Å². The number of rotatable bonds is 4. The first kappa shape index (κ1) is 15.4. The lowest BCUT2D eigenvalue weighted by atomic mass is 10.1. The maximum absolute atomic E-state index is 12.4. The van der Waals surface area contributed by atoms with Gasteiger partial charge in [-0.15, -0.1) is 11.8 Å². The molecule has 0 radical (unpaired) electrons. The topological polar surface area (TPSA) is 38.3 Å². The molecule has 2 aromatic rings. The number of ether oxygens (including phenoxy) is 1. The van der Waals surface area contributed by atoms with Crippen LogP contribution in [0.15, 0.2) is 41.3 Å². The molecule has 0 fully saturated rings. The summed E-state index contributed by atoms with van der Waals surface area (Å²) < 4.78 is 5.32. The van der Waals surface area contributed by atoms with E-state index in [1.807, 2.05) is 50.4 Å². The lowest BCUT2D eigenvalue weighted by molar-refractivity contribution is 0.102. The molecule has 1 N–H and O–H groups in total. The van der Waals surface area contributed by atoms with Crippen molar-refractivity contribution in [2.75, 3.05) is 18.7 Å². The lowest BCUT2D eigenvalue weighted by Crippen LogP contribution is -2.13. The number of carbonyl (C=O) groups is 1. The van der Waals surface area contributed by atoms with E-state index in [4.69, 9.17) is 4.74 Å². The zero-order valence-electron chi connectivity index (χ0n) is 12.7. The second kappa shape index (κ2) is 6.68. The van der Waals surface area contributed by atoms with Crippen LogP contribution in [0.2, 0.25) is 0 Å². The number of anilines is 1. The predicted molar refractivity (Wildman–Crippen MR) is 88.6 cm³/mol. The van der Waals surface area contributed by atoms with Gasteiger partial charge >= 0.3 is 0 Å². The number of methoxy groups -OCH3 is 1. The Labute approximate surface area is 129 Å². The van der Waals surface area contributed by atoms with Gasteiger partial charge in [0.1, 0.15) is 5.75 Å². The fraction of sp³-hybridized carbons (Fsp3) is 0.235. The van der Waals surface area contributed by atoms with Crippen molar-refractivity contribution in [3.8, 4) is 5.75 Å². The summed E-state index contributed by atoms with van der Waals surface area (Å²) in [6.45, 7) is 4.07. The monoisotopic (exact) mass is 301 g/mol. The van der Waals surface area contributed by atoms with E-state index in [0.29, 0.717) is 11.3 Å². The highest BCUT2D eigenvalue weighted by molar-refractivity contribution is 7.98. The van der Waals surface area contributed by atoms with Crippen molar-refractivity contribution in [3.05, 3.63) is 53.1 Å². The molecule has 4 heteroatoms. The third kappa shape index (κ3) is 3.58. The number of nitrogens with one attached hydrogen (secondary N) is 1. The number of aryl methyl sites for hydroxylation is 2. The normalized spacial score (nSPS) is 10.3. The van der Waals surface area contributed by atoms with Gasteiger partial charge in [-0.05, 0) is 61.6 Å². The first-order valence-electron chi connectivity index (χ1n) is 6.65. The smallest absolute Gasteiger partial charge is 0.259 e. The number of hydrogen-bond acceptors (Lipinski definition) is 3. The Morgan fingerprint density at radius 3 is 2.48 bits per heavy atom. The highest BCUT2D eigenvalue weighted by Crippen LogP contribution is 2.26. The van der Waals surface area contributed by atoms with E-state index in [2.05, 4.69) is 5.32 Å². The molecular formula is C17H19NO2S. The zero-order valence-corrected chi connectivity index (χ0v) is 13.5. The number of thioether (sulfide) groups is 1. The van der Waals surface area contributed by atoms with Crippen molar-refractivity contribution in [3.63, 3.8) is 0 Å². The van der Waals surface area contributed by atoms with Crippen molar-refractivity contribution in [1.29, 1.82) is 0 Å². The largest absolute Gasteiger partial charge is 0.496 e. The molecule has 0 saturated heterocycles. The van der Waals surface area contributed by atoms with Gasteiger partial charge in [0.15, 0.2) is 0 Å². The average molecular weight is 301 g/mol. The van der Waals surface area contributed by atoms with Crippen LogP contribution < -0.4 is 10.1 Å². The average Bonchev–Trinajstić information content (AvgIpc) is 2.50. The Hall–Kier alpha value is -1.94. The van der Waals surface area contributed by atoms with Gasteiger partial charge in [0.05, 0.1) is 12.7 Å². The van der Waals surface area contributed by atoms with Crippen LogP contribution in [0.5, 0.6) is 5.75 Å². The Bertz CT molecular complexity index is 668. The predicted octanol–water partition coefficient (Wildman–Crippen LogP) is 4.29. The van der Waals surface area contributed by atoms with Crippen LogP contribution >= 0.6 is 11.8 Å². The molecule has 0 heterocycles. The van der Waals surface area contributed by atoms with Gasteiger partial charge in [-0.1, -0.05) is 6.07 Å². The van der Waals surface area contributed by atoms with Gasteiger partial charge in [0.2, 0.25) is 0 Å². The van der Waals surface area contributed by atoms with Crippen molar-refractivity contribution in [2.24, 2.45) is 0 Å². The molecule has 0 atom stereocenters. The molecule has 3 nitrogen and oxygen atoms in total. The van der Waals surface area contributed by atoms with E-state index in [1.54, 1.807) is 24.9 Å². The van der Waals surface area contributed by atoms with Crippen LogP contribution in [0.4, 0.5) is 5.69 Å². The quantitative estimate of drug-likeness (QED) is 0.856. The highest BCUT2D eigenvalue weighted by atomic mass is 32.2. The summed E-state index contributed by atoms with van der Waals surface area (Å²) in [5.41, 5.74) is 3.68. The molecular weight excluding hydrogens is 282 g/mol. The van der Waals surface area contributed by atoms with Gasteiger partial charge in [0.25, 0.3) is 5.91 Å². The summed E-state index contributed by atoms with van der Waals surface area (Å²) in [5.74, 6) is 0.422. The molecule has 21 heavy (non-hydrogen) atoms. The summed E-state index contributed by atoms with van der Waals surface area (Å²) >= 11 is 1.61. The van der Waals surface area contributed by atoms with Crippen molar-refractivity contribution < 1.29 is 9.53 Å². The SMILES string of the molecule is COc1cc(SC)ccc1C(=O)Nc1ccc(C)c(C)c1. The minimum Gasteiger partial charge on any atom is -0.496 e. The van der Waals surface area contributed by atoms with E-state index in [9.17, 15) is 4.79 Å². The van der Waals surface area contributed by atoms with Gasteiger partial charge in [-0.2, -0.15) is 0 Å². The van der Waals surface area contributed by atoms with Crippen LogP contribution in [-0.4, -0.2) is 19.3 Å². The first-order valence-corrected chi connectivity index (χ1v) is 7.88. The van der Waals surface area contributed by atoms with Crippen molar-refractivity contribution >= 4 is 23.4 Å². The van der Waals surface area contributed by atoms with Crippen LogP contribution in [0.3, 0.4) is 0 Å². The Kier molecular flexibility index (Phi) is 4.91. The van der Waals surface area contributed by atoms with E-state index >= 15 is 0 Å². The van der Waals surface area contributed by atoms with E-state index in [1.165, 1.54) is 5.56 Å². The Morgan fingerprint density at radius 1 is 1.10 bits per heavy atom. The van der Waals surface area contributed by atoms with Crippen molar-refractivity contribution in [1.82, 2.24) is 0 Å². The third-order valence-corrected chi connectivity index (χ3v) is 4.14. The standard InChI is InChI=1S/C17H19NO2S/c1-11-5-6-13(9-12(11)2)18-17(19)15-8-7-14(21-4)10-16(15)20-3/h5-10H,1-4H3,(H,18,19). The molecule has 0 spiro atoms. The maximum Gasteiger partial charge on any atom is 0.259 e. The zero-order chi connectivity index (χ0) is 15.4.